The number of rotatable bonds is 5. The maximum atomic E-state index is 12.8. The minimum Gasteiger partial charge on any atom is -0.396 e. The van der Waals surface area contributed by atoms with Gasteiger partial charge in [0.15, 0.2) is 0 Å². The Morgan fingerprint density at radius 2 is 1.90 bits per heavy atom. The fourth-order valence-corrected chi connectivity index (χ4v) is 2.77. The number of amides is 1. The van der Waals surface area contributed by atoms with E-state index in [0.717, 1.165) is 31.2 Å². The Hall–Kier alpha value is -1.68. The lowest BCUT2D eigenvalue weighted by atomic mass is 9.74. The van der Waals surface area contributed by atoms with E-state index in [9.17, 15) is 14.3 Å². The molecule has 2 rings (SSSR count). The standard InChI is InChI=1S/C17H22FNO2/c18-15-7-4-14(5-8-15)6-9-16(21)19-12-17(13-20)10-2-1-3-11-17/h4-9,20H,1-3,10-13H2,(H,19,21)/b9-6+. The molecule has 2 N–H and O–H groups in total. The van der Waals surface area contributed by atoms with E-state index in [0.29, 0.717) is 6.54 Å². The molecule has 0 heterocycles. The van der Waals surface area contributed by atoms with E-state index in [1.807, 2.05) is 0 Å². The first-order valence-corrected chi connectivity index (χ1v) is 7.46. The third-order valence-electron chi connectivity index (χ3n) is 4.18. The van der Waals surface area contributed by atoms with Gasteiger partial charge >= 0.3 is 0 Å². The second kappa shape index (κ2) is 7.36. The fraction of sp³-hybridized carbons (Fsp3) is 0.471. The Morgan fingerprint density at radius 3 is 2.52 bits per heavy atom. The predicted molar refractivity (Wildman–Crippen MR) is 81.0 cm³/mol. The highest BCUT2D eigenvalue weighted by Crippen LogP contribution is 2.35. The number of carbonyl (C=O) groups excluding carboxylic acids is 1. The van der Waals surface area contributed by atoms with Gasteiger partial charge in [-0.2, -0.15) is 0 Å². The first-order chi connectivity index (χ1) is 10.1. The van der Waals surface area contributed by atoms with E-state index in [2.05, 4.69) is 5.32 Å². The van der Waals surface area contributed by atoms with Gasteiger partial charge in [-0.3, -0.25) is 4.79 Å². The minimum atomic E-state index is -0.293. The van der Waals surface area contributed by atoms with Gasteiger partial charge in [-0.25, -0.2) is 4.39 Å². The number of nitrogens with one attached hydrogen (secondary N) is 1. The van der Waals surface area contributed by atoms with E-state index in [4.69, 9.17) is 0 Å². The van der Waals surface area contributed by atoms with Crippen molar-refractivity contribution in [2.24, 2.45) is 5.41 Å². The van der Waals surface area contributed by atoms with Crippen LogP contribution in [0, 0.1) is 11.2 Å². The highest BCUT2D eigenvalue weighted by atomic mass is 19.1. The summed E-state index contributed by atoms with van der Waals surface area (Å²) in [6.07, 6.45) is 8.46. The second-order valence-electron chi connectivity index (χ2n) is 5.82. The van der Waals surface area contributed by atoms with Crippen LogP contribution in [0.1, 0.15) is 37.7 Å². The Balaban J connectivity index is 1.85. The molecule has 114 valence electrons. The zero-order valence-electron chi connectivity index (χ0n) is 12.1. The largest absolute Gasteiger partial charge is 0.396 e. The van der Waals surface area contributed by atoms with Crippen LogP contribution in [0.2, 0.25) is 0 Å². The SMILES string of the molecule is O=C(/C=C/c1ccc(F)cc1)NCC1(CO)CCCCC1. The predicted octanol–water partition coefficient (Wildman–Crippen LogP) is 2.90. The van der Waals surface area contributed by atoms with Crippen molar-refractivity contribution < 1.29 is 14.3 Å². The van der Waals surface area contributed by atoms with Gasteiger partial charge in [-0.15, -0.1) is 0 Å². The van der Waals surface area contributed by atoms with E-state index in [1.54, 1.807) is 18.2 Å². The molecule has 1 aliphatic carbocycles. The van der Waals surface area contributed by atoms with Crippen LogP contribution in [0.4, 0.5) is 4.39 Å². The molecule has 0 atom stereocenters. The topological polar surface area (TPSA) is 49.3 Å². The Labute approximate surface area is 124 Å². The molecule has 3 nitrogen and oxygen atoms in total. The van der Waals surface area contributed by atoms with Crippen LogP contribution < -0.4 is 5.32 Å². The Kier molecular flexibility index (Phi) is 5.51. The molecule has 4 heteroatoms. The molecule has 1 aliphatic rings. The number of hydrogen-bond donors (Lipinski definition) is 2. The summed E-state index contributed by atoms with van der Waals surface area (Å²) in [4.78, 5) is 11.8. The molecule has 0 saturated heterocycles. The van der Waals surface area contributed by atoms with Crippen molar-refractivity contribution in [3.8, 4) is 0 Å². The van der Waals surface area contributed by atoms with Crippen molar-refractivity contribution in [1.29, 1.82) is 0 Å². The van der Waals surface area contributed by atoms with Gasteiger partial charge in [0.05, 0.1) is 6.61 Å². The summed E-state index contributed by atoms with van der Waals surface area (Å²) in [5.41, 5.74) is 0.624. The average Bonchev–Trinajstić information content (AvgIpc) is 2.53. The van der Waals surface area contributed by atoms with Crippen molar-refractivity contribution in [2.75, 3.05) is 13.2 Å². The summed E-state index contributed by atoms with van der Waals surface area (Å²) in [6, 6.07) is 5.96. The zero-order valence-corrected chi connectivity index (χ0v) is 12.1. The lowest BCUT2D eigenvalue weighted by Crippen LogP contribution is -2.40. The highest BCUT2D eigenvalue weighted by molar-refractivity contribution is 5.91. The van der Waals surface area contributed by atoms with Crippen LogP contribution in [0.3, 0.4) is 0 Å². The van der Waals surface area contributed by atoms with E-state index >= 15 is 0 Å². The third kappa shape index (κ3) is 4.67. The molecule has 0 aliphatic heterocycles. The van der Waals surface area contributed by atoms with Gasteiger partial charge in [0.1, 0.15) is 5.82 Å². The molecule has 1 aromatic rings. The average molecular weight is 291 g/mol. The second-order valence-corrected chi connectivity index (χ2v) is 5.82. The van der Waals surface area contributed by atoms with Crippen molar-refractivity contribution >= 4 is 12.0 Å². The van der Waals surface area contributed by atoms with Gasteiger partial charge in [0, 0.05) is 18.0 Å². The normalized spacial score (nSPS) is 17.8. The number of aliphatic hydroxyl groups is 1. The van der Waals surface area contributed by atoms with E-state index in [-0.39, 0.29) is 23.7 Å². The zero-order chi connectivity index (χ0) is 15.1. The molecule has 0 spiro atoms. The molecular weight excluding hydrogens is 269 g/mol. The molecule has 1 aromatic carbocycles. The Morgan fingerprint density at radius 1 is 1.24 bits per heavy atom. The smallest absolute Gasteiger partial charge is 0.244 e. The molecule has 0 aromatic heterocycles. The number of carbonyl (C=O) groups is 1. The monoisotopic (exact) mass is 291 g/mol. The first-order valence-electron chi connectivity index (χ1n) is 7.46. The van der Waals surface area contributed by atoms with Gasteiger partial charge in [-0.1, -0.05) is 31.4 Å². The van der Waals surface area contributed by atoms with Crippen LogP contribution in [0.15, 0.2) is 30.3 Å². The van der Waals surface area contributed by atoms with Crippen molar-refractivity contribution in [3.05, 3.63) is 41.7 Å². The van der Waals surface area contributed by atoms with E-state index < -0.39 is 0 Å². The summed E-state index contributed by atoms with van der Waals surface area (Å²) in [6.45, 7) is 0.630. The van der Waals surface area contributed by atoms with Crippen LogP contribution in [-0.4, -0.2) is 24.2 Å². The quantitative estimate of drug-likeness (QED) is 0.820. The molecule has 0 bridgehead atoms. The maximum Gasteiger partial charge on any atom is 0.244 e. The van der Waals surface area contributed by atoms with Crippen molar-refractivity contribution in [3.63, 3.8) is 0 Å². The van der Waals surface area contributed by atoms with Crippen LogP contribution in [0.25, 0.3) is 6.08 Å². The molecule has 0 radical (unpaired) electrons. The van der Waals surface area contributed by atoms with Crippen LogP contribution >= 0.6 is 0 Å². The van der Waals surface area contributed by atoms with Crippen molar-refractivity contribution in [1.82, 2.24) is 5.32 Å². The van der Waals surface area contributed by atoms with Gasteiger partial charge in [0.25, 0.3) is 0 Å². The summed E-state index contributed by atoms with van der Waals surface area (Å²) in [5.74, 6) is -0.475. The van der Waals surface area contributed by atoms with Crippen LogP contribution in [0.5, 0.6) is 0 Å². The molecular formula is C17H22FNO2. The Bertz CT molecular complexity index is 490. The number of benzene rings is 1. The number of halogens is 1. The van der Waals surface area contributed by atoms with Crippen molar-refractivity contribution in [2.45, 2.75) is 32.1 Å². The lowest BCUT2D eigenvalue weighted by molar-refractivity contribution is -0.117. The number of hydrogen-bond acceptors (Lipinski definition) is 2. The number of aliphatic hydroxyl groups excluding tert-OH is 1. The van der Waals surface area contributed by atoms with Gasteiger partial charge in [-0.05, 0) is 36.6 Å². The third-order valence-corrected chi connectivity index (χ3v) is 4.18. The van der Waals surface area contributed by atoms with Gasteiger partial charge < -0.3 is 10.4 Å². The molecule has 1 saturated carbocycles. The summed E-state index contributed by atoms with van der Waals surface area (Å²) >= 11 is 0. The molecule has 0 unspecified atom stereocenters. The summed E-state index contributed by atoms with van der Waals surface area (Å²) in [7, 11) is 0. The highest BCUT2D eigenvalue weighted by Gasteiger charge is 2.31. The lowest BCUT2D eigenvalue weighted by Gasteiger charge is -2.35. The van der Waals surface area contributed by atoms with Gasteiger partial charge in [0.2, 0.25) is 5.91 Å². The summed E-state index contributed by atoms with van der Waals surface area (Å²) in [5, 5.41) is 12.4. The maximum absolute atomic E-state index is 12.8. The summed E-state index contributed by atoms with van der Waals surface area (Å²) < 4.78 is 12.8. The molecule has 1 fully saturated rings. The molecule has 21 heavy (non-hydrogen) atoms. The first kappa shape index (κ1) is 15.7. The molecule has 1 amide bonds. The van der Waals surface area contributed by atoms with Crippen LogP contribution in [-0.2, 0) is 4.79 Å². The fourth-order valence-electron chi connectivity index (χ4n) is 2.77. The van der Waals surface area contributed by atoms with E-state index in [1.165, 1.54) is 24.6 Å². The minimum absolute atomic E-state index is 0.120.